The number of alkyl halides is 1. The molecule has 0 heterocycles. The van der Waals surface area contributed by atoms with E-state index in [1.165, 1.54) is 5.56 Å². The summed E-state index contributed by atoms with van der Waals surface area (Å²) in [6.07, 6.45) is 0.833. The van der Waals surface area contributed by atoms with Crippen molar-refractivity contribution in [2.24, 2.45) is 0 Å². The van der Waals surface area contributed by atoms with Crippen LogP contribution in [0.4, 0.5) is 0 Å². The lowest BCUT2D eigenvalue weighted by Gasteiger charge is -1.88. The highest BCUT2D eigenvalue weighted by molar-refractivity contribution is 6.17. The molecule has 0 saturated carbocycles. The van der Waals surface area contributed by atoms with Crippen molar-refractivity contribution >= 4 is 17.9 Å². The monoisotopic (exact) mass is 250 g/mol. The van der Waals surface area contributed by atoms with Gasteiger partial charge in [-0.1, -0.05) is 60.7 Å². The van der Waals surface area contributed by atoms with E-state index in [0.29, 0.717) is 5.88 Å². The molecule has 2 aromatic carbocycles. The van der Waals surface area contributed by atoms with Gasteiger partial charge in [0.05, 0.1) is 0 Å². The van der Waals surface area contributed by atoms with Crippen LogP contribution in [0.5, 0.6) is 0 Å². The second kappa shape index (κ2) is 9.58. The highest BCUT2D eigenvalue weighted by atomic mass is 35.5. The molecule has 2 nitrogen and oxygen atoms in total. The lowest BCUT2D eigenvalue weighted by atomic mass is 10.2. The van der Waals surface area contributed by atoms with Gasteiger partial charge in [0.1, 0.15) is 6.29 Å². The van der Waals surface area contributed by atoms with Crippen LogP contribution >= 0.6 is 11.6 Å². The number of carbonyl (C=O) groups is 1. The molecule has 0 saturated heterocycles. The number of halogens is 1. The molecule has 0 aliphatic rings. The van der Waals surface area contributed by atoms with E-state index < -0.39 is 0 Å². The van der Waals surface area contributed by atoms with Crippen molar-refractivity contribution < 1.29 is 10.3 Å². The SMILES string of the molecule is ClCc1ccccc1.O.O=Cc1ccccc1. The lowest BCUT2D eigenvalue weighted by molar-refractivity contribution is 0.112. The van der Waals surface area contributed by atoms with Crippen molar-refractivity contribution in [3.05, 3.63) is 71.8 Å². The van der Waals surface area contributed by atoms with E-state index in [9.17, 15) is 4.79 Å². The molecule has 0 bridgehead atoms. The fourth-order valence-corrected chi connectivity index (χ4v) is 1.28. The van der Waals surface area contributed by atoms with Gasteiger partial charge in [-0.2, -0.15) is 0 Å². The van der Waals surface area contributed by atoms with E-state index in [-0.39, 0.29) is 5.48 Å². The average Bonchev–Trinajstić information content (AvgIpc) is 2.41. The summed E-state index contributed by atoms with van der Waals surface area (Å²) < 4.78 is 0. The van der Waals surface area contributed by atoms with Gasteiger partial charge in [-0.3, -0.25) is 4.79 Å². The van der Waals surface area contributed by atoms with Crippen LogP contribution in [0.25, 0.3) is 0 Å². The topological polar surface area (TPSA) is 48.6 Å². The van der Waals surface area contributed by atoms with E-state index >= 15 is 0 Å². The number of carbonyl (C=O) groups excluding carboxylic acids is 1. The average molecular weight is 251 g/mol. The number of benzene rings is 2. The maximum absolute atomic E-state index is 10.0. The van der Waals surface area contributed by atoms with Gasteiger partial charge in [0, 0.05) is 11.4 Å². The minimum atomic E-state index is 0. The highest BCUT2D eigenvalue weighted by Gasteiger charge is 1.81. The summed E-state index contributed by atoms with van der Waals surface area (Å²) in [5.74, 6) is 0.612. The molecule has 0 unspecified atom stereocenters. The molecule has 0 aliphatic carbocycles. The summed E-state index contributed by atoms with van der Waals surface area (Å²) in [4.78, 5) is 10.0. The zero-order valence-electron chi connectivity index (χ0n) is 9.34. The van der Waals surface area contributed by atoms with E-state index in [2.05, 4.69) is 0 Å². The van der Waals surface area contributed by atoms with Crippen molar-refractivity contribution in [3.8, 4) is 0 Å². The lowest BCUT2D eigenvalue weighted by Crippen LogP contribution is -1.73. The molecule has 3 heteroatoms. The van der Waals surface area contributed by atoms with E-state index in [0.717, 1.165) is 11.8 Å². The molecule has 0 atom stereocenters. The molecule has 2 aromatic rings. The van der Waals surface area contributed by atoms with Gasteiger partial charge in [-0.15, -0.1) is 11.6 Å². The Balaban J connectivity index is 0.000000284. The zero-order chi connectivity index (χ0) is 11.6. The van der Waals surface area contributed by atoms with E-state index in [1.54, 1.807) is 12.1 Å². The second-order valence-corrected chi connectivity index (χ2v) is 3.42. The molecule has 0 amide bonds. The van der Waals surface area contributed by atoms with Crippen molar-refractivity contribution in [1.82, 2.24) is 0 Å². The van der Waals surface area contributed by atoms with Crippen LogP contribution < -0.4 is 0 Å². The Morgan fingerprint density at radius 2 is 1.35 bits per heavy atom. The summed E-state index contributed by atoms with van der Waals surface area (Å²) >= 11 is 5.53. The van der Waals surface area contributed by atoms with Crippen molar-refractivity contribution in [3.63, 3.8) is 0 Å². The fraction of sp³-hybridized carbons (Fsp3) is 0.0714. The summed E-state index contributed by atoms with van der Waals surface area (Å²) in [5, 5.41) is 0. The van der Waals surface area contributed by atoms with Gasteiger partial charge in [0.25, 0.3) is 0 Å². The number of hydrogen-bond donors (Lipinski definition) is 0. The molecule has 0 spiro atoms. The molecule has 0 radical (unpaired) electrons. The highest BCUT2D eigenvalue weighted by Crippen LogP contribution is 2.00. The Morgan fingerprint density at radius 3 is 1.65 bits per heavy atom. The molecule has 2 N–H and O–H groups in total. The largest absolute Gasteiger partial charge is 0.412 e. The molecule has 2 rings (SSSR count). The van der Waals surface area contributed by atoms with Crippen LogP contribution in [0, 0.1) is 0 Å². The summed E-state index contributed by atoms with van der Waals surface area (Å²) in [6.45, 7) is 0. The van der Waals surface area contributed by atoms with Gasteiger partial charge in [0.15, 0.2) is 0 Å². The van der Waals surface area contributed by atoms with E-state index in [4.69, 9.17) is 11.6 Å². The first-order valence-corrected chi connectivity index (χ1v) is 5.50. The van der Waals surface area contributed by atoms with Gasteiger partial charge in [-0.05, 0) is 5.56 Å². The van der Waals surface area contributed by atoms with Crippen molar-refractivity contribution in [1.29, 1.82) is 0 Å². The minimum Gasteiger partial charge on any atom is -0.412 e. The summed E-state index contributed by atoms with van der Waals surface area (Å²) in [7, 11) is 0. The number of hydrogen-bond acceptors (Lipinski definition) is 1. The second-order valence-electron chi connectivity index (χ2n) is 3.15. The Hall–Kier alpha value is -1.64. The Labute approximate surface area is 106 Å². The zero-order valence-corrected chi connectivity index (χ0v) is 10.1. The van der Waals surface area contributed by atoms with Gasteiger partial charge < -0.3 is 5.48 Å². The van der Waals surface area contributed by atoms with Crippen LogP contribution in [0.15, 0.2) is 60.7 Å². The van der Waals surface area contributed by atoms with Crippen molar-refractivity contribution in [2.45, 2.75) is 5.88 Å². The van der Waals surface area contributed by atoms with Crippen LogP contribution in [0.1, 0.15) is 15.9 Å². The first-order chi connectivity index (χ1) is 7.86. The molecule has 0 aliphatic heterocycles. The van der Waals surface area contributed by atoms with Gasteiger partial charge >= 0.3 is 0 Å². The van der Waals surface area contributed by atoms with Gasteiger partial charge in [-0.25, -0.2) is 0 Å². The molecule has 0 fully saturated rings. The van der Waals surface area contributed by atoms with Gasteiger partial charge in [0.2, 0.25) is 0 Å². The normalized spacial score (nSPS) is 8.29. The minimum absolute atomic E-state index is 0. The first-order valence-electron chi connectivity index (χ1n) is 4.97. The smallest absolute Gasteiger partial charge is 0.150 e. The molecular formula is C14H15ClO2. The maximum atomic E-state index is 10.0. The van der Waals surface area contributed by atoms with Crippen LogP contribution in [-0.2, 0) is 5.88 Å². The Morgan fingerprint density at radius 1 is 0.882 bits per heavy atom. The Bertz CT molecular complexity index is 401. The summed E-state index contributed by atoms with van der Waals surface area (Å²) in [6, 6.07) is 19.1. The molecule has 0 aromatic heterocycles. The van der Waals surface area contributed by atoms with Crippen molar-refractivity contribution in [2.75, 3.05) is 0 Å². The molecular weight excluding hydrogens is 236 g/mol. The summed E-state index contributed by atoms with van der Waals surface area (Å²) in [5.41, 5.74) is 1.90. The molecule has 90 valence electrons. The van der Waals surface area contributed by atoms with Crippen LogP contribution in [0.3, 0.4) is 0 Å². The standard InChI is InChI=1S/C7H7Cl.C7H6O.H2O/c2*8-6-7-4-2-1-3-5-7;/h1-5H,6H2;1-6H;1H2. The van der Waals surface area contributed by atoms with Crippen LogP contribution in [0.2, 0.25) is 0 Å². The maximum Gasteiger partial charge on any atom is 0.150 e. The third kappa shape index (κ3) is 6.51. The first kappa shape index (κ1) is 15.4. The third-order valence-corrected chi connectivity index (χ3v) is 2.24. The quantitative estimate of drug-likeness (QED) is 0.597. The third-order valence-electron chi connectivity index (χ3n) is 1.93. The molecule has 17 heavy (non-hydrogen) atoms. The van der Waals surface area contributed by atoms with E-state index in [1.807, 2.05) is 48.5 Å². The van der Waals surface area contributed by atoms with Crippen LogP contribution in [-0.4, -0.2) is 11.8 Å². The predicted molar refractivity (Wildman–Crippen MR) is 71.4 cm³/mol. The Kier molecular flexibility index (Phi) is 8.65. The number of rotatable bonds is 2. The fourth-order valence-electron chi connectivity index (χ4n) is 1.10. The number of aldehydes is 1. The predicted octanol–water partition coefficient (Wildman–Crippen LogP) is 3.10.